The Labute approximate surface area is 125 Å². The summed E-state index contributed by atoms with van der Waals surface area (Å²) in [5, 5.41) is 0. The molecule has 0 saturated heterocycles. The van der Waals surface area contributed by atoms with Gasteiger partial charge in [-0.3, -0.25) is 0 Å². The van der Waals surface area contributed by atoms with Gasteiger partial charge < -0.3 is 5.73 Å². The van der Waals surface area contributed by atoms with Crippen molar-refractivity contribution in [2.45, 2.75) is 17.9 Å². The molecular formula is C13H14BrNO2S2. The van der Waals surface area contributed by atoms with Crippen LogP contribution >= 0.6 is 27.3 Å². The minimum absolute atomic E-state index is 0.240. The lowest BCUT2D eigenvalue weighted by Crippen LogP contribution is -2.12. The van der Waals surface area contributed by atoms with Crippen LogP contribution in [0.5, 0.6) is 0 Å². The molecule has 0 bridgehead atoms. The van der Waals surface area contributed by atoms with Gasteiger partial charge in [0.15, 0.2) is 9.84 Å². The minimum atomic E-state index is -3.16. The summed E-state index contributed by atoms with van der Waals surface area (Å²) < 4.78 is 23.9. The summed E-state index contributed by atoms with van der Waals surface area (Å²) in [5.74, 6) is 0. The zero-order valence-corrected chi connectivity index (χ0v) is 13.8. The summed E-state index contributed by atoms with van der Waals surface area (Å²) in [6, 6.07) is 8.51. The number of sulfone groups is 1. The third-order valence-electron chi connectivity index (χ3n) is 2.93. The van der Waals surface area contributed by atoms with Crippen molar-refractivity contribution in [3.63, 3.8) is 0 Å². The van der Waals surface area contributed by atoms with Crippen molar-refractivity contribution in [1.82, 2.24) is 0 Å². The maximum Gasteiger partial charge on any atom is 0.175 e. The van der Waals surface area contributed by atoms with Crippen LogP contribution in [-0.4, -0.2) is 14.7 Å². The first kappa shape index (κ1) is 14.7. The Kier molecular flexibility index (Phi) is 4.15. The van der Waals surface area contributed by atoms with E-state index in [1.165, 1.54) is 6.26 Å². The highest BCUT2D eigenvalue weighted by atomic mass is 79.9. The Hall–Kier alpha value is -0.690. The standard InChI is InChI=1S/C13H14BrNO2S2/c1-8-11(7-12(14)18-8)13(15)9-3-5-10(6-4-9)19(2,16)17/h3-7,13H,15H2,1-2H3. The largest absolute Gasteiger partial charge is 0.320 e. The van der Waals surface area contributed by atoms with E-state index in [0.29, 0.717) is 4.90 Å². The number of hydrogen-bond acceptors (Lipinski definition) is 4. The number of hydrogen-bond donors (Lipinski definition) is 1. The highest BCUT2D eigenvalue weighted by Crippen LogP contribution is 2.32. The van der Waals surface area contributed by atoms with E-state index in [4.69, 9.17) is 5.73 Å². The fourth-order valence-electron chi connectivity index (χ4n) is 1.87. The molecule has 6 heteroatoms. The molecule has 0 radical (unpaired) electrons. The fraction of sp³-hybridized carbons (Fsp3) is 0.231. The van der Waals surface area contributed by atoms with Gasteiger partial charge in [-0.15, -0.1) is 11.3 Å². The van der Waals surface area contributed by atoms with Gasteiger partial charge in [-0.05, 0) is 52.2 Å². The van der Waals surface area contributed by atoms with Crippen molar-refractivity contribution in [3.8, 4) is 0 Å². The van der Waals surface area contributed by atoms with Crippen LogP contribution in [0.4, 0.5) is 0 Å². The molecule has 2 aromatic rings. The molecule has 0 aliphatic rings. The number of nitrogens with two attached hydrogens (primary N) is 1. The van der Waals surface area contributed by atoms with Gasteiger partial charge in [0.1, 0.15) is 0 Å². The van der Waals surface area contributed by atoms with E-state index in [9.17, 15) is 8.42 Å². The zero-order chi connectivity index (χ0) is 14.2. The molecule has 1 unspecified atom stereocenters. The van der Waals surface area contributed by atoms with Gasteiger partial charge >= 0.3 is 0 Å². The summed E-state index contributed by atoms with van der Waals surface area (Å²) >= 11 is 5.09. The summed E-state index contributed by atoms with van der Waals surface area (Å²) in [7, 11) is -3.16. The molecule has 2 rings (SSSR count). The van der Waals surface area contributed by atoms with Crippen molar-refractivity contribution in [2.75, 3.05) is 6.26 Å². The monoisotopic (exact) mass is 359 g/mol. The van der Waals surface area contributed by atoms with Crippen LogP contribution < -0.4 is 5.73 Å². The second kappa shape index (κ2) is 5.36. The highest BCUT2D eigenvalue weighted by molar-refractivity contribution is 9.11. The van der Waals surface area contributed by atoms with E-state index < -0.39 is 9.84 Å². The lowest BCUT2D eigenvalue weighted by molar-refractivity contribution is 0.602. The van der Waals surface area contributed by atoms with Gasteiger partial charge in [0.25, 0.3) is 0 Å². The van der Waals surface area contributed by atoms with E-state index in [-0.39, 0.29) is 6.04 Å². The zero-order valence-electron chi connectivity index (χ0n) is 10.6. The Morgan fingerprint density at radius 2 is 1.84 bits per heavy atom. The minimum Gasteiger partial charge on any atom is -0.320 e. The van der Waals surface area contributed by atoms with E-state index in [1.807, 2.05) is 13.0 Å². The topological polar surface area (TPSA) is 60.2 Å². The second-order valence-electron chi connectivity index (χ2n) is 4.38. The first-order valence-corrected chi connectivity index (χ1v) is 9.10. The lowest BCUT2D eigenvalue weighted by Gasteiger charge is -2.12. The molecule has 0 saturated carbocycles. The van der Waals surface area contributed by atoms with Crippen molar-refractivity contribution in [1.29, 1.82) is 0 Å². The normalized spacial score (nSPS) is 13.5. The van der Waals surface area contributed by atoms with Gasteiger partial charge in [-0.2, -0.15) is 0 Å². The van der Waals surface area contributed by atoms with Gasteiger partial charge in [-0.25, -0.2) is 8.42 Å². The molecule has 1 aromatic heterocycles. The van der Waals surface area contributed by atoms with Crippen molar-refractivity contribution in [2.24, 2.45) is 5.73 Å². The van der Waals surface area contributed by atoms with Crippen LogP contribution in [0, 0.1) is 6.92 Å². The quantitative estimate of drug-likeness (QED) is 0.914. The van der Waals surface area contributed by atoms with Crippen LogP contribution in [0.25, 0.3) is 0 Å². The molecule has 0 spiro atoms. The molecule has 0 aliphatic carbocycles. The molecule has 1 aromatic carbocycles. The number of aryl methyl sites for hydroxylation is 1. The van der Waals surface area contributed by atoms with Crippen LogP contribution in [0.2, 0.25) is 0 Å². The van der Waals surface area contributed by atoms with Gasteiger partial charge in [0, 0.05) is 11.1 Å². The maximum atomic E-state index is 11.4. The Morgan fingerprint density at radius 1 is 1.26 bits per heavy atom. The summed E-state index contributed by atoms with van der Waals surface area (Å²) in [6.07, 6.45) is 1.20. The summed E-state index contributed by atoms with van der Waals surface area (Å²) in [5.41, 5.74) is 8.19. The number of rotatable bonds is 3. The molecule has 19 heavy (non-hydrogen) atoms. The molecule has 1 heterocycles. The molecule has 0 aliphatic heterocycles. The molecular weight excluding hydrogens is 346 g/mol. The average molecular weight is 360 g/mol. The van der Waals surface area contributed by atoms with E-state index in [2.05, 4.69) is 15.9 Å². The molecule has 0 amide bonds. The van der Waals surface area contributed by atoms with E-state index >= 15 is 0 Å². The van der Waals surface area contributed by atoms with Crippen molar-refractivity contribution in [3.05, 3.63) is 50.1 Å². The van der Waals surface area contributed by atoms with Crippen LogP contribution in [0.15, 0.2) is 39.0 Å². The molecule has 3 nitrogen and oxygen atoms in total. The van der Waals surface area contributed by atoms with E-state index in [1.54, 1.807) is 35.6 Å². The Bertz CT molecular complexity index is 690. The third kappa shape index (κ3) is 3.25. The molecule has 2 N–H and O–H groups in total. The number of benzene rings is 1. The molecule has 0 fully saturated rings. The smallest absolute Gasteiger partial charge is 0.175 e. The summed E-state index contributed by atoms with van der Waals surface area (Å²) in [6.45, 7) is 2.02. The number of halogens is 1. The van der Waals surface area contributed by atoms with Crippen LogP contribution in [0.1, 0.15) is 22.0 Å². The Morgan fingerprint density at radius 3 is 2.26 bits per heavy atom. The molecule has 1 atom stereocenters. The van der Waals surface area contributed by atoms with Gasteiger partial charge in [0.05, 0.1) is 14.7 Å². The lowest BCUT2D eigenvalue weighted by atomic mass is 10.0. The first-order valence-electron chi connectivity index (χ1n) is 5.60. The maximum absolute atomic E-state index is 11.4. The van der Waals surface area contributed by atoms with Crippen LogP contribution in [0.3, 0.4) is 0 Å². The van der Waals surface area contributed by atoms with Crippen LogP contribution in [-0.2, 0) is 9.84 Å². The fourth-order valence-corrected chi connectivity index (χ4v) is 4.26. The number of thiophene rings is 1. The second-order valence-corrected chi connectivity index (χ2v) is 9.03. The van der Waals surface area contributed by atoms with Gasteiger partial charge in [0.2, 0.25) is 0 Å². The SMILES string of the molecule is Cc1sc(Br)cc1C(N)c1ccc(S(C)(=O)=O)cc1. The van der Waals surface area contributed by atoms with E-state index in [0.717, 1.165) is 19.8 Å². The third-order valence-corrected chi connectivity index (χ3v) is 5.63. The Balaban J connectivity index is 2.35. The average Bonchev–Trinajstić information content (AvgIpc) is 2.66. The van der Waals surface area contributed by atoms with Crippen molar-refractivity contribution >= 4 is 37.1 Å². The predicted molar refractivity (Wildman–Crippen MR) is 82.3 cm³/mol. The highest BCUT2D eigenvalue weighted by Gasteiger charge is 2.15. The first-order chi connectivity index (χ1) is 8.79. The van der Waals surface area contributed by atoms with Crippen molar-refractivity contribution < 1.29 is 8.42 Å². The molecule has 102 valence electrons. The van der Waals surface area contributed by atoms with Gasteiger partial charge in [-0.1, -0.05) is 12.1 Å². The predicted octanol–water partition coefficient (Wildman–Crippen LogP) is 3.27. The summed E-state index contributed by atoms with van der Waals surface area (Å²) in [4.78, 5) is 1.47.